The second-order valence-corrected chi connectivity index (χ2v) is 5.84. The lowest BCUT2D eigenvalue weighted by atomic mass is 9.94. The molecule has 0 radical (unpaired) electrons. The Labute approximate surface area is 116 Å². The highest BCUT2D eigenvalue weighted by Crippen LogP contribution is 2.24. The van der Waals surface area contributed by atoms with Crippen molar-refractivity contribution in [3.05, 3.63) is 0 Å². The first-order chi connectivity index (χ1) is 9.29. The molecule has 110 valence electrons. The number of piperidine rings is 1. The van der Waals surface area contributed by atoms with E-state index in [0.717, 1.165) is 24.8 Å². The van der Waals surface area contributed by atoms with Gasteiger partial charge in [0.15, 0.2) is 0 Å². The van der Waals surface area contributed by atoms with Crippen molar-refractivity contribution in [2.24, 2.45) is 5.92 Å². The minimum absolute atomic E-state index is 0.0427. The molecule has 4 heteroatoms. The zero-order valence-electron chi connectivity index (χ0n) is 12.2. The van der Waals surface area contributed by atoms with Gasteiger partial charge >= 0.3 is 5.97 Å². The summed E-state index contributed by atoms with van der Waals surface area (Å²) in [6.07, 6.45) is 6.64. The van der Waals surface area contributed by atoms with Gasteiger partial charge < -0.3 is 15.0 Å². The third-order valence-electron chi connectivity index (χ3n) is 4.34. The molecule has 2 unspecified atom stereocenters. The maximum Gasteiger partial charge on any atom is 0.305 e. The van der Waals surface area contributed by atoms with Crippen LogP contribution in [0.4, 0.5) is 0 Å². The highest BCUT2D eigenvalue weighted by Gasteiger charge is 2.33. The van der Waals surface area contributed by atoms with Crippen molar-refractivity contribution < 1.29 is 9.53 Å². The van der Waals surface area contributed by atoms with Crippen LogP contribution < -0.4 is 5.32 Å². The molecule has 2 heterocycles. The van der Waals surface area contributed by atoms with Gasteiger partial charge in [-0.05, 0) is 51.6 Å². The first-order valence-electron chi connectivity index (χ1n) is 7.91. The molecule has 0 amide bonds. The molecule has 2 atom stereocenters. The molecule has 1 N–H and O–H groups in total. The smallest absolute Gasteiger partial charge is 0.305 e. The SMILES string of the molecule is CCOC(=O)CCCCCN1CC2CCCNC2C1. The van der Waals surface area contributed by atoms with Crippen molar-refractivity contribution in [1.29, 1.82) is 0 Å². The molecule has 2 fully saturated rings. The van der Waals surface area contributed by atoms with Gasteiger partial charge in [-0.15, -0.1) is 0 Å². The van der Waals surface area contributed by atoms with Crippen LogP contribution in [0.25, 0.3) is 0 Å². The molecule has 2 saturated heterocycles. The van der Waals surface area contributed by atoms with Crippen molar-refractivity contribution >= 4 is 5.97 Å². The van der Waals surface area contributed by atoms with E-state index in [1.54, 1.807) is 0 Å². The van der Waals surface area contributed by atoms with Crippen LogP contribution in [-0.4, -0.2) is 49.7 Å². The highest BCUT2D eigenvalue weighted by atomic mass is 16.5. The average molecular weight is 268 g/mol. The summed E-state index contributed by atoms with van der Waals surface area (Å²) in [5, 5.41) is 3.64. The molecule has 19 heavy (non-hydrogen) atoms. The zero-order valence-corrected chi connectivity index (χ0v) is 12.2. The summed E-state index contributed by atoms with van der Waals surface area (Å²) in [7, 11) is 0. The summed E-state index contributed by atoms with van der Waals surface area (Å²) in [5.74, 6) is 0.840. The number of esters is 1. The summed E-state index contributed by atoms with van der Waals surface area (Å²) in [6.45, 7) is 7.26. The number of likely N-dealkylation sites (tertiary alicyclic amines) is 1. The highest BCUT2D eigenvalue weighted by molar-refractivity contribution is 5.69. The predicted molar refractivity (Wildman–Crippen MR) is 76.1 cm³/mol. The fraction of sp³-hybridized carbons (Fsp3) is 0.933. The lowest BCUT2D eigenvalue weighted by molar-refractivity contribution is -0.143. The Hall–Kier alpha value is -0.610. The van der Waals surface area contributed by atoms with Gasteiger partial charge in [-0.2, -0.15) is 0 Å². The van der Waals surface area contributed by atoms with Gasteiger partial charge in [0.05, 0.1) is 6.61 Å². The van der Waals surface area contributed by atoms with E-state index in [2.05, 4.69) is 10.2 Å². The molecule has 0 aromatic heterocycles. The fourth-order valence-corrected chi connectivity index (χ4v) is 3.33. The maximum absolute atomic E-state index is 11.2. The number of nitrogens with zero attached hydrogens (tertiary/aromatic N) is 1. The third-order valence-corrected chi connectivity index (χ3v) is 4.34. The van der Waals surface area contributed by atoms with E-state index in [9.17, 15) is 4.79 Å². The number of unbranched alkanes of at least 4 members (excludes halogenated alkanes) is 2. The normalized spacial score (nSPS) is 27.2. The second-order valence-electron chi connectivity index (χ2n) is 5.84. The molecular formula is C15H28N2O2. The Bertz CT molecular complexity index is 269. The number of ether oxygens (including phenoxy) is 1. The van der Waals surface area contributed by atoms with Gasteiger partial charge in [0.25, 0.3) is 0 Å². The van der Waals surface area contributed by atoms with Crippen molar-refractivity contribution in [1.82, 2.24) is 10.2 Å². The maximum atomic E-state index is 11.2. The Kier molecular flexibility index (Phi) is 6.11. The van der Waals surface area contributed by atoms with E-state index in [-0.39, 0.29) is 5.97 Å². The molecule has 0 saturated carbocycles. The number of hydrogen-bond acceptors (Lipinski definition) is 4. The first-order valence-corrected chi connectivity index (χ1v) is 7.91. The van der Waals surface area contributed by atoms with Gasteiger partial charge in [-0.25, -0.2) is 0 Å². The largest absolute Gasteiger partial charge is 0.466 e. The lowest BCUT2D eigenvalue weighted by Gasteiger charge is -2.24. The van der Waals surface area contributed by atoms with Crippen LogP contribution in [0.1, 0.15) is 45.4 Å². The monoisotopic (exact) mass is 268 g/mol. The van der Waals surface area contributed by atoms with Crippen LogP contribution in [0.2, 0.25) is 0 Å². The molecular weight excluding hydrogens is 240 g/mol. The number of carbonyl (C=O) groups excluding carboxylic acids is 1. The summed E-state index contributed by atoms with van der Waals surface area (Å²) in [6, 6.07) is 0.744. The van der Waals surface area contributed by atoms with Crippen LogP contribution >= 0.6 is 0 Å². The van der Waals surface area contributed by atoms with Crippen molar-refractivity contribution in [2.75, 3.05) is 32.8 Å². The average Bonchev–Trinajstić information content (AvgIpc) is 2.81. The standard InChI is InChI=1S/C15H28N2O2/c1-2-19-15(18)8-4-3-5-10-17-11-13-7-6-9-16-14(13)12-17/h13-14,16H,2-12H2,1H3. The number of rotatable bonds is 7. The minimum Gasteiger partial charge on any atom is -0.466 e. The van der Waals surface area contributed by atoms with Crippen LogP contribution in [0.15, 0.2) is 0 Å². The van der Waals surface area contributed by atoms with E-state index < -0.39 is 0 Å². The summed E-state index contributed by atoms with van der Waals surface area (Å²) < 4.78 is 4.93. The van der Waals surface area contributed by atoms with E-state index in [1.807, 2.05) is 6.92 Å². The van der Waals surface area contributed by atoms with E-state index in [1.165, 1.54) is 45.4 Å². The molecule has 0 aliphatic carbocycles. The Morgan fingerprint density at radius 2 is 2.21 bits per heavy atom. The topological polar surface area (TPSA) is 41.6 Å². The van der Waals surface area contributed by atoms with Gasteiger partial charge in [0.1, 0.15) is 0 Å². The van der Waals surface area contributed by atoms with Gasteiger partial charge in [0.2, 0.25) is 0 Å². The van der Waals surface area contributed by atoms with Gasteiger partial charge in [0, 0.05) is 25.6 Å². The first kappa shape index (κ1) is 14.8. The lowest BCUT2D eigenvalue weighted by Crippen LogP contribution is -2.40. The Morgan fingerprint density at radius 3 is 3.00 bits per heavy atom. The van der Waals surface area contributed by atoms with Gasteiger partial charge in [-0.1, -0.05) is 6.42 Å². The minimum atomic E-state index is -0.0427. The van der Waals surface area contributed by atoms with Crippen LogP contribution in [0.5, 0.6) is 0 Å². The number of carbonyl (C=O) groups is 1. The zero-order chi connectivity index (χ0) is 13.5. The molecule has 2 aliphatic heterocycles. The predicted octanol–water partition coefficient (Wildman–Crippen LogP) is 1.79. The third kappa shape index (κ3) is 4.77. The molecule has 0 aromatic carbocycles. The molecule has 0 bridgehead atoms. The number of nitrogens with one attached hydrogen (secondary N) is 1. The Morgan fingerprint density at radius 1 is 1.32 bits per heavy atom. The molecule has 4 nitrogen and oxygen atoms in total. The summed E-state index contributed by atoms with van der Waals surface area (Å²) >= 11 is 0. The van der Waals surface area contributed by atoms with Crippen molar-refractivity contribution in [3.8, 4) is 0 Å². The molecule has 2 aliphatic rings. The number of hydrogen-bond donors (Lipinski definition) is 1. The summed E-state index contributed by atoms with van der Waals surface area (Å²) in [4.78, 5) is 13.8. The molecule has 0 aromatic rings. The second kappa shape index (κ2) is 7.85. The molecule has 2 rings (SSSR count). The fourth-order valence-electron chi connectivity index (χ4n) is 3.33. The van der Waals surface area contributed by atoms with E-state index >= 15 is 0 Å². The van der Waals surface area contributed by atoms with E-state index in [0.29, 0.717) is 13.0 Å². The number of fused-ring (bicyclic) bond motifs is 1. The van der Waals surface area contributed by atoms with Crippen molar-refractivity contribution in [2.45, 2.75) is 51.5 Å². The van der Waals surface area contributed by atoms with Gasteiger partial charge in [-0.3, -0.25) is 4.79 Å². The van der Waals surface area contributed by atoms with Crippen molar-refractivity contribution in [3.63, 3.8) is 0 Å². The quantitative estimate of drug-likeness (QED) is 0.564. The summed E-state index contributed by atoms with van der Waals surface area (Å²) in [5.41, 5.74) is 0. The van der Waals surface area contributed by atoms with Crippen LogP contribution in [0.3, 0.4) is 0 Å². The van der Waals surface area contributed by atoms with E-state index in [4.69, 9.17) is 4.74 Å². The van der Waals surface area contributed by atoms with Crippen LogP contribution in [-0.2, 0) is 9.53 Å². The Balaban J connectivity index is 1.51. The molecule has 0 spiro atoms. The van der Waals surface area contributed by atoms with Crippen LogP contribution in [0, 0.1) is 5.92 Å².